The molecule has 0 spiro atoms. The summed E-state index contributed by atoms with van der Waals surface area (Å²) in [6.07, 6.45) is 4.55. The van der Waals surface area contributed by atoms with Crippen molar-refractivity contribution in [1.29, 1.82) is 0 Å². The predicted octanol–water partition coefficient (Wildman–Crippen LogP) is 3.08. The lowest BCUT2D eigenvalue weighted by atomic mass is 9.98. The Hall–Kier alpha value is -3.81. The third-order valence-electron chi connectivity index (χ3n) is 4.95. The van der Waals surface area contributed by atoms with Gasteiger partial charge in [-0.25, -0.2) is 9.48 Å². The molecule has 0 aliphatic heterocycles. The lowest BCUT2D eigenvalue weighted by molar-refractivity contribution is 0.647. The van der Waals surface area contributed by atoms with Crippen LogP contribution in [-0.4, -0.2) is 35.0 Å². The van der Waals surface area contributed by atoms with E-state index in [2.05, 4.69) is 37.9 Å². The summed E-state index contributed by atoms with van der Waals surface area (Å²) in [5.74, 6) is 1.35. The van der Waals surface area contributed by atoms with Gasteiger partial charge in [0, 0.05) is 12.0 Å². The second kappa shape index (κ2) is 8.69. The molecule has 0 fully saturated rings. The van der Waals surface area contributed by atoms with Crippen molar-refractivity contribution in [2.45, 2.75) is 33.4 Å². The lowest BCUT2D eigenvalue weighted by Gasteiger charge is -2.09. The number of tetrazole rings is 1. The Kier molecular flexibility index (Phi) is 5.65. The van der Waals surface area contributed by atoms with Gasteiger partial charge in [0.1, 0.15) is 5.82 Å². The minimum absolute atomic E-state index is 0.0866. The van der Waals surface area contributed by atoms with Gasteiger partial charge < -0.3 is 0 Å². The van der Waals surface area contributed by atoms with Crippen molar-refractivity contribution in [3.8, 4) is 22.5 Å². The van der Waals surface area contributed by atoms with E-state index in [1.54, 1.807) is 4.57 Å². The molecule has 2 aromatic carbocycles. The molecule has 2 aromatic heterocycles. The molecule has 0 aliphatic carbocycles. The van der Waals surface area contributed by atoms with Gasteiger partial charge in [0.25, 0.3) is 0 Å². The average Bonchev–Trinajstić information content (AvgIpc) is 3.42. The molecule has 0 amide bonds. The van der Waals surface area contributed by atoms with Crippen LogP contribution in [0.2, 0.25) is 0 Å². The summed E-state index contributed by atoms with van der Waals surface area (Å²) in [5, 5.41) is 18.8. The van der Waals surface area contributed by atoms with Crippen LogP contribution >= 0.6 is 0 Å². The minimum atomic E-state index is -0.0866. The SMILES string of the molecule is CC=CCn1nc(CC)n(Cc2ccc(-c3ccccc3-c3nn[nH]n3)cc2)c1=O. The van der Waals surface area contributed by atoms with Crippen LogP contribution in [0.4, 0.5) is 0 Å². The lowest BCUT2D eigenvalue weighted by Crippen LogP contribution is -2.25. The standard InChI is InChI=1S/C22H23N7O/c1-3-5-14-29-22(30)28(20(4-2)25-29)15-16-10-12-17(13-11-16)18-8-6-7-9-19(18)21-23-26-27-24-21/h3,5-13H,4,14-15H2,1-2H3,(H,23,24,26,27). The summed E-state index contributed by atoms with van der Waals surface area (Å²) < 4.78 is 3.25. The Bertz CT molecular complexity index is 1200. The van der Waals surface area contributed by atoms with Gasteiger partial charge in [-0.3, -0.25) is 4.57 Å². The Balaban J connectivity index is 1.62. The molecule has 152 valence electrons. The van der Waals surface area contributed by atoms with E-state index >= 15 is 0 Å². The monoisotopic (exact) mass is 401 g/mol. The molecule has 4 rings (SSSR count). The van der Waals surface area contributed by atoms with E-state index in [1.807, 2.05) is 62.4 Å². The number of nitrogens with one attached hydrogen (secondary N) is 1. The van der Waals surface area contributed by atoms with Crippen molar-refractivity contribution < 1.29 is 0 Å². The average molecular weight is 401 g/mol. The van der Waals surface area contributed by atoms with E-state index in [4.69, 9.17) is 0 Å². The number of nitrogens with zero attached hydrogens (tertiary/aromatic N) is 6. The summed E-state index contributed by atoms with van der Waals surface area (Å²) in [4.78, 5) is 12.7. The molecule has 4 aromatic rings. The highest BCUT2D eigenvalue weighted by atomic mass is 16.2. The van der Waals surface area contributed by atoms with Crippen LogP contribution in [0.25, 0.3) is 22.5 Å². The van der Waals surface area contributed by atoms with E-state index in [-0.39, 0.29) is 5.69 Å². The zero-order chi connectivity index (χ0) is 20.9. The Morgan fingerprint density at radius 2 is 1.83 bits per heavy atom. The Labute approximate surface area is 173 Å². The second-order valence-electron chi connectivity index (χ2n) is 6.87. The molecule has 0 saturated heterocycles. The summed E-state index contributed by atoms with van der Waals surface area (Å²) in [7, 11) is 0. The maximum absolute atomic E-state index is 12.7. The fourth-order valence-electron chi connectivity index (χ4n) is 3.41. The summed E-state index contributed by atoms with van der Waals surface area (Å²) in [6, 6.07) is 16.1. The molecular formula is C22H23N7O. The van der Waals surface area contributed by atoms with Gasteiger partial charge in [-0.2, -0.15) is 10.3 Å². The number of benzene rings is 2. The topological polar surface area (TPSA) is 94.3 Å². The maximum Gasteiger partial charge on any atom is 0.346 e. The van der Waals surface area contributed by atoms with Crippen LogP contribution < -0.4 is 5.69 Å². The fraction of sp³-hybridized carbons (Fsp3) is 0.227. The van der Waals surface area contributed by atoms with Crippen LogP contribution in [0.15, 0.2) is 65.5 Å². The van der Waals surface area contributed by atoms with E-state index in [9.17, 15) is 4.79 Å². The number of hydrogen-bond acceptors (Lipinski definition) is 5. The van der Waals surface area contributed by atoms with Gasteiger partial charge in [-0.15, -0.1) is 10.2 Å². The third kappa shape index (κ3) is 3.84. The molecular weight excluding hydrogens is 378 g/mol. The zero-order valence-corrected chi connectivity index (χ0v) is 17.0. The van der Waals surface area contributed by atoms with Crippen molar-refractivity contribution >= 4 is 0 Å². The first-order chi connectivity index (χ1) is 14.7. The summed E-state index contributed by atoms with van der Waals surface area (Å²) in [6.45, 7) is 4.92. The van der Waals surface area contributed by atoms with E-state index in [0.29, 0.717) is 25.3 Å². The summed E-state index contributed by atoms with van der Waals surface area (Å²) >= 11 is 0. The zero-order valence-electron chi connectivity index (χ0n) is 17.0. The van der Waals surface area contributed by atoms with Crippen LogP contribution in [-0.2, 0) is 19.5 Å². The summed E-state index contributed by atoms with van der Waals surface area (Å²) in [5.41, 5.74) is 3.94. The Morgan fingerprint density at radius 1 is 1.07 bits per heavy atom. The second-order valence-corrected chi connectivity index (χ2v) is 6.87. The van der Waals surface area contributed by atoms with Crippen LogP contribution in [0.1, 0.15) is 25.2 Å². The number of rotatable bonds is 7. The molecule has 0 unspecified atom stereocenters. The number of H-pyrrole nitrogens is 1. The van der Waals surface area contributed by atoms with Crippen molar-refractivity contribution in [2.24, 2.45) is 0 Å². The number of aryl methyl sites for hydroxylation is 1. The molecule has 8 nitrogen and oxygen atoms in total. The van der Waals surface area contributed by atoms with E-state index in [1.165, 1.54) is 4.68 Å². The van der Waals surface area contributed by atoms with Crippen molar-refractivity contribution in [3.05, 3.63) is 82.6 Å². The number of aromatic amines is 1. The minimum Gasteiger partial charge on any atom is -0.274 e. The normalized spacial score (nSPS) is 11.4. The van der Waals surface area contributed by atoms with Crippen LogP contribution in [0.5, 0.6) is 0 Å². The highest BCUT2D eigenvalue weighted by molar-refractivity contribution is 5.80. The van der Waals surface area contributed by atoms with Gasteiger partial charge in [0.15, 0.2) is 0 Å². The number of aromatic nitrogens is 7. The van der Waals surface area contributed by atoms with Crippen LogP contribution in [0.3, 0.4) is 0 Å². The first-order valence-corrected chi connectivity index (χ1v) is 9.91. The van der Waals surface area contributed by atoms with Gasteiger partial charge in [0.05, 0.1) is 13.1 Å². The fourth-order valence-corrected chi connectivity index (χ4v) is 3.41. The smallest absolute Gasteiger partial charge is 0.274 e. The van der Waals surface area contributed by atoms with Gasteiger partial charge in [0.2, 0.25) is 5.82 Å². The van der Waals surface area contributed by atoms with Crippen molar-refractivity contribution in [2.75, 3.05) is 0 Å². The van der Waals surface area contributed by atoms with Gasteiger partial charge in [-0.1, -0.05) is 67.6 Å². The molecule has 8 heteroatoms. The predicted molar refractivity (Wildman–Crippen MR) is 115 cm³/mol. The van der Waals surface area contributed by atoms with Gasteiger partial charge >= 0.3 is 5.69 Å². The maximum atomic E-state index is 12.7. The van der Waals surface area contributed by atoms with Crippen molar-refractivity contribution in [3.63, 3.8) is 0 Å². The molecule has 0 radical (unpaired) electrons. The largest absolute Gasteiger partial charge is 0.346 e. The highest BCUT2D eigenvalue weighted by Crippen LogP contribution is 2.29. The number of allylic oxidation sites excluding steroid dienone is 2. The molecule has 1 N–H and O–H groups in total. The van der Waals surface area contributed by atoms with E-state index < -0.39 is 0 Å². The molecule has 0 atom stereocenters. The van der Waals surface area contributed by atoms with E-state index in [0.717, 1.165) is 28.1 Å². The quantitative estimate of drug-likeness (QED) is 0.480. The number of hydrogen-bond donors (Lipinski definition) is 1. The van der Waals surface area contributed by atoms with Gasteiger partial charge in [-0.05, 0) is 28.8 Å². The molecule has 0 saturated carbocycles. The van der Waals surface area contributed by atoms with Crippen LogP contribution in [0, 0.1) is 0 Å². The molecule has 30 heavy (non-hydrogen) atoms. The Morgan fingerprint density at radius 3 is 2.50 bits per heavy atom. The first-order valence-electron chi connectivity index (χ1n) is 9.91. The first kappa shape index (κ1) is 19.5. The third-order valence-corrected chi connectivity index (χ3v) is 4.95. The molecule has 2 heterocycles. The molecule has 0 aliphatic rings. The highest BCUT2D eigenvalue weighted by Gasteiger charge is 2.13. The molecule has 0 bridgehead atoms. The van der Waals surface area contributed by atoms with Crippen molar-refractivity contribution in [1.82, 2.24) is 35.0 Å².